The maximum absolute atomic E-state index is 11.9. The highest BCUT2D eigenvalue weighted by atomic mass is 35.5. The molecule has 2 heterocycles. The molecule has 1 aromatic rings. The van der Waals surface area contributed by atoms with Gasteiger partial charge < -0.3 is 5.32 Å². The zero-order chi connectivity index (χ0) is 11.9. The first-order chi connectivity index (χ1) is 7.40. The van der Waals surface area contributed by atoms with Crippen LogP contribution in [0.15, 0.2) is 17.3 Å². The van der Waals surface area contributed by atoms with Crippen LogP contribution in [0.5, 0.6) is 0 Å². The van der Waals surface area contributed by atoms with Gasteiger partial charge in [0.2, 0.25) is 5.91 Å². The molecule has 0 aliphatic carbocycles. The summed E-state index contributed by atoms with van der Waals surface area (Å²) in [6, 6.07) is 1.39. The summed E-state index contributed by atoms with van der Waals surface area (Å²) < 4.78 is 23.7. The van der Waals surface area contributed by atoms with Crippen LogP contribution in [0.4, 0.5) is 5.69 Å². The van der Waals surface area contributed by atoms with E-state index in [0.717, 1.165) is 0 Å². The monoisotopic (exact) mass is 260 g/mol. The van der Waals surface area contributed by atoms with E-state index in [1.807, 2.05) is 0 Å². The molecular formula is C9H9ClN2O3S. The van der Waals surface area contributed by atoms with Crippen LogP contribution >= 0.6 is 11.6 Å². The third-order valence-corrected chi connectivity index (χ3v) is 4.35. The molecular weight excluding hydrogens is 252 g/mol. The van der Waals surface area contributed by atoms with Gasteiger partial charge in [0.05, 0.1) is 16.5 Å². The van der Waals surface area contributed by atoms with E-state index < -0.39 is 15.8 Å². The number of fused-ring (bicyclic) bond motifs is 1. The van der Waals surface area contributed by atoms with Crippen molar-refractivity contribution in [2.75, 3.05) is 11.1 Å². The van der Waals surface area contributed by atoms with Crippen molar-refractivity contribution in [2.24, 2.45) is 5.92 Å². The smallest absolute Gasteiger partial charge is 0.228 e. The van der Waals surface area contributed by atoms with Crippen LogP contribution < -0.4 is 5.32 Å². The van der Waals surface area contributed by atoms with E-state index in [-0.39, 0.29) is 27.4 Å². The lowest BCUT2D eigenvalue weighted by Gasteiger charge is -2.05. The summed E-state index contributed by atoms with van der Waals surface area (Å²) in [7, 11) is -3.53. The molecule has 1 N–H and O–H groups in total. The summed E-state index contributed by atoms with van der Waals surface area (Å²) in [6.45, 7) is 1.56. The molecule has 86 valence electrons. The SMILES string of the molecule is CC1CS(=O)(=O)c2ncc(Cl)cc2NC1=O. The molecule has 7 heteroatoms. The highest BCUT2D eigenvalue weighted by Crippen LogP contribution is 2.27. The lowest BCUT2D eigenvalue weighted by Crippen LogP contribution is -2.22. The van der Waals surface area contributed by atoms with Crippen LogP contribution in [0.1, 0.15) is 6.92 Å². The number of carbonyl (C=O) groups is 1. The van der Waals surface area contributed by atoms with Gasteiger partial charge in [-0.05, 0) is 6.07 Å². The first kappa shape index (κ1) is 11.3. The normalized spacial score (nSPS) is 23.1. The van der Waals surface area contributed by atoms with Crippen molar-refractivity contribution >= 4 is 33.0 Å². The fraction of sp³-hybridized carbons (Fsp3) is 0.333. The predicted octanol–water partition coefficient (Wildman–Crippen LogP) is 1.10. The number of rotatable bonds is 0. The molecule has 1 unspecified atom stereocenters. The van der Waals surface area contributed by atoms with Crippen LogP contribution in [0.25, 0.3) is 0 Å². The number of aromatic nitrogens is 1. The van der Waals surface area contributed by atoms with Crippen molar-refractivity contribution in [3.63, 3.8) is 0 Å². The van der Waals surface area contributed by atoms with Gasteiger partial charge in [-0.2, -0.15) is 0 Å². The molecule has 0 saturated heterocycles. The summed E-state index contributed by atoms with van der Waals surface area (Å²) in [6.07, 6.45) is 1.25. The Morgan fingerprint density at radius 2 is 2.25 bits per heavy atom. The Labute approximate surface area is 97.7 Å². The second-order valence-electron chi connectivity index (χ2n) is 3.68. The first-order valence-electron chi connectivity index (χ1n) is 4.59. The molecule has 0 spiro atoms. The Morgan fingerprint density at radius 1 is 1.56 bits per heavy atom. The van der Waals surface area contributed by atoms with E-state index in [9.17, 15) is 13.2 Å². The maximum Gasteiger partial charge on any atom is 0.228 e. The topological polar surface area (TPSA) is 76.1 Å². The number of nitrogens with one attached hydrogen (secondary N) is 1. The van der Waals surface area contributed by atoms with E-state index in [0.29, 0.717) is 0 Å². The van der Waals surface area contributed by atoms with E-state index in [4.69, 9.17) is 11.6 Å². The zero-order valence-corrected chi connectivity index (χ0v) is 9.97. The number of amides is 1. The highest BCUT2D eigenvalue weighted by Gasteiger charge is 2.31. The van der Waals surface area contributed by atoms with Gasteiger partial charge in [-0.25, -0.2) is 13.4 Å². The fourth-order valence-corrected chi connectivity index (χ4v) is 3.29. The summed E-state index contributed by atoms with van der Waals surface area (Å²) in [5.41, 5.74) is 0.154. The van der Waals surface area contributed by atoms with Crippen LogP contribution in [0.3, 0.4) is 0 Å². The molecule has 1 amide bonds. The van der Waals surface area contributed by atoms with Crippen molar-refractivity contribution in [1.29, 1.82) is 0 Å². The maximum atomic E-state index is 11.9. The Morgan fingerprint density at radius 3 is 2.94 bits per heavy atom. The van der Waals surface area contributed by atoms with Gasteiger partial charge in [-0.15, -0.1) is 0 Å². The van der Waals surface area contributed by atoms with Gasteiger partial charge in [0.15, 0.2) is 14.9 Å². The van der Waals surface area contributed by atoms with Gasteiger partial charge in [-0.3, -0.25) is 4.79 Å². The quantitative estimate of drug-likeness (QED) is 0.758. The van der Waals surface area contributed by atoms with Crippen LogP contribution in [-0.2, 0) is 14.6 Å². The van der Waals surface area contributed by atoms with E-state index in [1.54, 1.807) is 6.92 Å². The number of nitrogens with zero attached hydrogens (tertiary/aromatic N) is 1. The minimum absolute atomic E-state index is 0.116. The number of carbonyl (C=O) groups excluding carboxylic acids is 1. The van der Waals surface area contributed by atoms with Gasteiger partial charge in [0.25, 0.3) is 0 Å². The number of sulfone groups is 1. The van der Waals surface area contributed by atoms with Crippen LogP contribution in [0.2, 0.25) is 5.02 Å². The minimum atomic E-state index is -3.53. The van der Waals surface area contributed by atoms with Crippen LogP contribution in [-0.4, -0.2) is 25.1 Å². The van der Waals surface area contributed by atoms with E-state index in [1.165, 1.54) is 12.3 Å². The largest absolute Gasteiger partial charge is 0.323 e. The third-order valence-electron chi connectivity index (χ3n) is 2.29. The van der Waals surface area contributed by atoms with E-state index >= 15 is 0 Å². The first-order valence-corrected chi connectivity index (χ1v) is 6.62. The average molecular weight is 261 g/mol. The Hall–Kier alpha value is -1.14. The predicted molar refractivity (Wildman–Crippen MR) is 59.1 cm³/mol. The standard InChI is InChI=1S/C9H9ClN2O3S/c1-5-4-16(14,15)9-7(12-8(5)13)2-6(10)3-11-9/h2-3,5H,4H2,1H3,(H,12,13). The van der Waals surface area contributed by atoms with Gasteiger partial charge in [-0.1, -0.05) is 18.5 Å². The molecule has 1 atom stereocenters. The molecule has 0 saturated carbocycles. The number of halogens is 1. The number of pyridine rings is 1. The molecule has 0 bridgehead atoms. The van der Waals surface area contributed by atoms with Crippen molar-refractivity contribution in [3.8, 4) is 0 Å². The second-order valence-corrected chi connectivity index (χ2v) is 6.06. The Kier molecular flexibility index (Phi) is 2.63. The summed E-state index contributed by atoms with van der Waals surface area (Å²) in [5, 5.41) is 2.67. The molecule has 5 nitrogen and oxygen atoms in total. The zero-order valence-electron chi connectivity index (χ0n) is 8.40. The molecule has 0 radical (unpaired) electrons. The molecule has 1 aliphatic rings. The molecule has 0 aromatic carbocycles. The summed E-state index contributed by atoms with van der Waals surface area (Å²) in [4.78, 5) is 15.3. The lowest BCUT2D eigenvalue weighted by molar-refractivity contribution is -0.118. The molecule has 0 fully saturated rings. The summed E-state index contributed by atoms with van der Waals surface area (Å²) in [5.74, 6) is -1.18. The Balaban J connectivity index is 2.65. The van der Waals surface area contributed by atoms with Crippen molar-refractivity contribution in [3.05, 3.63) is 17.3 Å². The van der Waals surface area contributed by atoms with Crippen LogP contribution in [0, 0.1) is 5.92 Å². The van der Waals surface area contributed by atoms with Gasteiger partial charge in [0, 0.05) is 12.1 Å². The average Bonchev–Trinajstić information content (AvgIpc) is 2.22. The van der Waals surface area contributed by atoms with Crippen molar-refractivity contribution in [1.82, 2.24) is 4.98 Å². The number of hydrogen-bond acceptors (Lipinski definition) is 4. The van der Waals surface area contributed by atoms with Crippen molar-refractivity contribution < 1.29 is 13.2 Å². The second kappa shape index (κ2) is 3.71. The number of anilines is 1. The highest BCUT2D eigenvalue weighted by molar-refractivity contribution is 7.91. The molecule has 2 rings (SSSR count). The fourth-order valence-electron chi connectivity index (χ4n) is 1.50. The Bertz CT molecular complexity index is 556. The summed E-state index contributed by atoms with van der Waals surface area (Å²) >= 11 is 5.70. The molecule has 16 heavy (non-hydrogen) atoms. The minimum Gasteiger partial charge on any atom is -0.323 e. The van der Waals surface area contributed by atoms with Gasteiger partial charge in [0.1, 0.15) is 0 Å². The number of hydrogen-bond donors (Lipinski definition) is 1. The van der Waals surface area contributed by atoms with Crippen molar-refractivity contribution in [2.45, 2.75) is 11.9 Å². The third kappa shape index (κ3) is 1.90. The van der Waals surface area contributed by atoms with E-state index in [2.05, 4.69) is 10.3 Å². The van der Waals surface area contributed by atoms with Gasteiger partial charge >= 0.3 is 0 Å². The molecule has 1 aromatic heterocycles. The lowest BCUT2D eigenvalue weighted by atomic mass is 10.2. The molecule has 1 aliphatic heterocycles.